The van der Waals surface area contributed by atoms with Crippen LogP contribution in [-0.4, -0.2) is 63.9 Å². The third-order valence-electron chi connectivity index (χ3n) is 4.13. The highest BCUT2D eigenvalue weighted by molar-refractivity contribution is 7.99. The van der Waals surface area contributed by atoms with E-state index >= 15 is 0 Å². The van der Waals surface area contributed by atoms with Crippen LogP contribution in [0.25, 0.3) is 11.2 Å². The summed E-state index contributed by atoms with van der Waals surface area (Å²) in [7, 11) is 0. The average Bonchev–Trinajstić information content (AvgIpc) is 3.18. The van der Waals surface area contributed by atoms with Gasteiger partial charge in [-0.2, -0.15) is 0 Å². The molecule has 4 rings (SSSR count). The predicted molar refractivity (Wildman–Crippen MR) is 92.3 cm³/mol. The van der Waals surface area contributed by atoms with Gasteiger partial charge in [0, 0.05) is 11.9 Å². The van der Waals surface area contributed by atoms with E-state index in [1.54, 1.807) is 12.3 Å². The van der Waals surface area contributed by atoms with Crippen molar-refractivity contribution < 1.29 is 20.1 Å². The first-order valence-electron chi connectivity index (χ1n) is 7.77. The fourth-order valence-electron chi connectivity index (χ4n) is 2.81. The van der Waals surface area contributed by atoms with Crippen molar-refractivity contribution in [3.8, 4) is 5.75 Å². The molecule has 0 bridgehead atoms. The number of anilines is 1. The van der Waals surface area contributed by atoms with E-state index in [2.05, 4.69) is 19.9 Å². The van der Waals surface area contributed by atoms with Gasteiger partial charge >= 0.3 is 0 Å². The molecule has 26 heavy (non-hydrogen) atoms. The number of aromatic nitrogens is 5. The van der Waals surface area contributed by atoms with Crippen molar-refractivity contribution in [3.63, 3.8) is 0 Å². The molecule has 3 aromatic rings. The molecule has 4 atom stereocenters. The molecule has 4 heterocycles. The zero-order chi connectivity index (χ0) is 18.3. The fraction of sp³-hybridized carbons (Fsp3) is 0.333. The van der Waals surface area contributed by atoms with E-state index < -0.39 is 24.5 Å². The van der Waals surface area contributed by atoms with Crippen molar-refractivity contribution in [3.05, 3.63) is 31.0 Å². The number of imidazole rings is 1. The first-order valence-corrected chi connectivity index (χ1v) is 8.76. The van der Waals surface area contributed by atoms with Crippen molar-refractivity contribution in [2.75, 3.05) is 11.5 Å². The Kier molecular flexibility index (Phi) is 4.36. The Bertz CT molecular complexity index is 937. The van der Waals surface area contributed by atoms with Crippen LogP contribution in [0.4, 0.5) is 5.82 Å². The lowest BCUT2D eigenvalue weighted by atomic mass is 10.1. The highest BCUT2D eigenvalue weighted by Gasteiger charge is 2.44. The molecule has 136 valence electrons. The summed E-state index contributed by atoms with van der Waals surface area (Å²) in [6.45, 7) is 0. The zero-order valence-corrected chi connectivity index (χ0v) is 14.2. The maximum atomic E-state index is 10.4. The highest BCUT2D eigenvalue weighted by Crippen LogP contribution is 2.35. The molecule has 0 unspecified atom stereocenters. The van der Waals surface area contributed by atoms with Gasteiger partial charge in [-0.05, 0) is 12.1 Å². The molecular formula is C15H16N6O4S. The van der Waals surface area contributed by atoms with Gasteiger partial charge in [0.05, 0.1) is 12.4 Å². The van der Waals surface area contributed by atoms with Crippen molar-refractivity contribution in [2.24, 2.45) is 0 Å². The summed E-state index contributed by atoms with van der Waals surface area (Å²) < 4.78 is 7.35. The maximum absolute atomic E-state index is 10.4. The third kappa shape index (κ3) is 2.84. The number of fused-ring (bicyclic) bond motifs is 1. The number of nitrogens with two attached hydrogens (primary N) is 1. The number of nitrogen functional groups attached to an aromatic ring is 1. The molecule has 11 heteroatoms. The number of thioether (sulfide) groups is 1. The smallest absolute Gasteiger partial charge is 0.167 e. The van der Waals surface area contributed by atoms with Crippen LogP contribution in [0.15, 0.2) is 36.0 Å². The van der Waals surface area contributed by atoms with Crippen molar-refractivity contribution in [1.29, 1.82) is 0 Å². The Labute approximate surface area is 151 Å². The molecule has 3 aromatic heterocycles. The van der Waals surface area contributed by atoms with Gasteiger partial charge < -0.3 is 25.8 Å². The first-order chi connectivity index (χ1) is 12.6. The van der Waals surface area contributed by atoms with Crippen LogP contribution in [-0.2, 0) is 4.74 Å². The molecule has 0 amide bonds. The summed E-state index contributed by atoms with van der Waals surface area (Å²) in [5.41, 5.74) is 6.57. The second kappa shape index (κ2) is 6.68. The molecule has 0 radical (unpaired) electrons. The quantitative estimate of drug-likeness (QED) is 0.455. The van der Waals surface area contributed by atoms with Gasteiger partial charge in [-0.1, -0.05) is 11.8 Å². The van der Waals surface area contributed by atoms with Crippen molar-refractivity contribution in [2.45, 2.75) is 29.6 Å². The van der Waals surface area contributed by atoms with E-state index in [4.69, 9.17) is 10.5 Å². The number of aliphatic hydroxyl groups is 2. The SMILES string of the molecule is Nc1ncnc2c1ncn2[C@@H]1O[C@H](CSc2ncccc2O)[C@@H](O)[C@H]1O. The zero-order valence-electron chi connectivity index (χ0n) is 13.4. The van der Waals surface area contributed by atoms with E-state index in [1.165, 1.54) is 35.0 Å². The van der Waals surface area contributed by atoms with Crippen LogP contribution >= 0.6 is 11.8 Å². The lowest BCUT2D eigenvalue weighted by molar-refractivity contribution is -0.0289. The summed E-state index contributed by atoms with van der Waals surface area (Å²) in [5.74, 6) is 0.567. The molecule has 0 saturated carbocycles. The summed E-state index contributed by atoms with van der Waals surface area (Å²) in [6, 6.07) is 3.15. The number of hydrogen-bond donors (Lipinski definition) is 4. The molecule has 1 saturated heterocycles. The van der Waals surface area contributed by atoms with Gasteiger partial charge in [-0.15, -0.1) is 0 Å². The number of aromatic hydroxyl groups is 1. The second-order valence-electron chi connectivity index (χ2n) is 5.77. The van der Waals surface area contributed by atoms with Gasteiger partial charge in [-0.25, -0.2) is 19.9 Å². The Hall–Kier alpha value is -2.47. The number of rotatable bonds is 4. The monoisotopic (exact) mass is 376 g/mol. The van der Waals surface area contributed by atoms with Crippen molar-refractivity contribution in [1.82, 2.24) is 24.5 Å². The molecule has 0 spiro atoms. The Morgan fingerprint density at radius 2 is 2.04 bits per heavy atom. The molecule has 0 aromatic carbocycles. The minimum absolute atomic E-state index is 0.0508. The molecule has 1 aliphatic rings. The molecule has 1 fully saturated rings. The van der Waals surface area contributed by atoms with Gasteiger partial charge in [0.25, 0.3) is 0 Å². The van der Waals surface area contributed by atoms with Crippen LogP contribution in [0.3, 0.4) is 0 Å². The Morgan fingerprint density at radius 1 is 1.19 bits per heavy atom. The van der Waals surface area contributed by atoms with Gasteiger partial charge in [0.2, 0.25) is 0 Å². The van der Waals surface area contributed by atoms with E-state index in [0.717, 1.165) is 0 Å². The van der Waals surface area contributed by atoms with Crippen molar-refractivity contribution >= 4 is 28.7 Å². The molecule has 0 aliphatic carbocycles. The minimum Gasteiger partial charge on any atom is -0.505 e. The standard InChI is InChI=1S/C15H16N6O4S/c16-12-9-13(19-5-18-12)21(6-20-9)15-11(24)10(23)8(25-15)4-26-14-7(22)2-1-3-17-14/h1-3,5-6,8,10-11,15,22-24H,4H2,(H2,16,18,19)/t8-,10-,11-,15-/m1/s1. The van der Waals surface area contributed by atoms with Gasteiger partial charge in [0.15, 0.2) is 17.7 Å². The first kappa shape index (κ1) is 17.0. The fourth-order valence-corrected chi connectivity index (χ4v) is 3.76. The molecule has 10 nitrogen and oxygen atoms in total. The topological polar surface area (TPSA) is 152 Å². The van der Waals surface area contributed by atoms with E-state index in [-0.39, 0.29) is 11.6 Å². The highest BCUT2D eigenvalue weighted by atomic mass is 32.2. The summed E-state index contributed by atoms with van der Waals surface area (Å²) in [4.78, 5) is 16.2. The number of ether oxygens (including phenoxy) is 1. The number of aliphatic hydroxyl groups excluding tert-OH is 2. The largest absolute Gasteiger partial charge is 0.505 e. The van der Waals surface area contributed by atoms with Crippen LogP contribution in [0, 0.1) is 0 Å². The number of hydrogen-bond acceptors (Lipinski definition) is 10. The summed E-state index contributed by atoms with van der Waals surface area (Å²) >= 11 is 1.23. The lowest BCUT2D eigenvalue weighted by Gasteiger charge is -2.16. The average molecular weight is 376 g/mol. The second-order valence-corrected chi connectivity index (χ2v) is 6.78. The number of pyridine rings is 1. The van der Waals surface area contributed by atoms with E-state index in [1.807, 2.05) is 0 Å². The lowest BCUT2D eigenvalue weighted by Crippen LogP contribution is -2.32. The van der Waals surface area contributed by atoms with E-state index in [9.17, 15) is 15.3 Å². The normalized spacial score (nSPS) is 25.8. The molecule has 5 N–H and O–H groups in total. The molecule has 1 aliphatic heterocycles. The summed E-state index contributed by atoms with van der Waals surface area (Å²) in [6.07, 6.45) is 0.473. The van der Waals surface area contributed by atoms with Gasteiger partial charge in [0.1, 0.15) is 34.8 Å². The summed E-state index contributed by atoms with van der Waals surface area (Å²) in [5, 5.41) is 30.9. The van der Waals surface area contributed by atoms with Crippen LogP contribution < -0.4 is 5.73 Å². The third-order valence-corrected chi connectivity index (χ3v) is 5.22. The Morgan fingerprint density at radius 3 is 2.85 bits per heavy atom. The van der Waals surface area contributed by atoms with Crippen LogP contribution in [0.5, 0.6) is 5.75 Å². The minimum atomic E-state index is -1.17. The Balaban J connectivity index is 1.54. The number of nitrogens with zero attached hydrogens (tertiary/aromatic N) is 5. The van der Waals surface area contributed by atoms with Gasteiger partial charge in [-0.3, -0.25) is 4.57 Å². The van der Waals surface area contributed by atoms with E-state index in [0.29, 0.717) is 21.9 Å². The molecular weight excluding hydrogens is 360 g/mol. The predicted octanol–water partition coefficient (Wildman–Crippen LogP) is -0.0794. The van der Waals surface area contributed by atoms with Crippen LogP contribution in [0.1, 0.15) is 6.23 Å². The maximum Gasteiger partial charge on any atom is 0.167 e. The van der Waals surface area contributed by atoms with Crippen LogP contribution in [0.2, 0.25) is 0 Å².